The van der Waals surface area contributed by atoms with Crippen LogP contribution in [0.15, 0.2) is 11.6 Å². The zero-order valence-corrected chi connectivity index (χ0v) is 18.6. The van der Waals surface area contributed by atoms with Gasteiger partial charge in [-0.05, 0) is 92.3 Å². The Morgan fingerprint density at radius 2 is 1.86 bits per heavy atom. The molecule has 160 valence electrons. The number of allylic oxidation sites excluding steroid dienone is 1. The number of aliphatic hydroxyl groups is 2. The Balaban J connectivity index is 1.47. The van der Waals surface area contributed by atoms with Gasteiger partial charge in [-0.15, -0.1) is 0 Å². The second-order valence-electron chi connectivity index (χ2n) is 11.3. The molecular formula is C26H44O2. The summed E-state index contributed by atoms with van der Waals surface area (Å²) >= 11 is 0. The standard InChI is InChI=1S/C26H44O2/c1-4-5-6-7-8-24(28)23-12-11-21-20-10-9-18-17-19(27)13-15-25(18,2)22(20)14-16-26(21,23)3/h9,19-24,27-28H,4-8,10-17H2,1-3H3/t19-,20?,21?,22?,23?,24-,25-,26?/m0/s1. The molecule has 2 heteroatoms. The predicted octanol–water partition coefficient (Wildman–Crippen LogP) is 6.26. The third-order valence-electron chi connectivity index (χ3n) is 9.97. The summed E-state index contributed by atoms with van der Waals surface area (Å²) in [7, 11) is 0. The molecule has 28 heavy (non-hydrogen) atoms. The number of hydrogen-bond acceptors (Lipinski definition) is 2. The van der Waals surface area contributed by atoms with Crippen molar-refractivity contribution in [1.82, 2.24) is 0 Å². The quantitative estimate of drug-likeness (QED) is 0.416. The Hall–Kier alpha value is -0.340. The first kappa shape index (κ1) is 20.9. The monoisotopic (exact) mass is 388 g/mol. The van der Waals surface area contributed by atoms with Crippen molar-refractivity contribution in [3.8, 4) is 0 Å². The molecule has 2 nitrogen and oxygen atoms in total. The summed E-state index contributed by atoms with van der Waals surface area (Å²) in [6.07, 6.45) is 17.9. The summed E-state index contributed by atoms with van der Waals surface area (Å²) in [5, 5.41) is 21.3. The van der Waals surface area contributed by atoms with Crippen LogP contribution in [0.25, 0.3) is 0 Å². The van der Waals surface area contributed by atoms with Crippen LogP contribution in [0.5, 0.6) is 0 Å². The van der Waals surface area contributed by atoms with Crippen LogP contribution < -0.4 is 0 Å². The van der Waals surface area contributed by atoms with E-state index in [1.54, 1.807) is 5.57 Å². The third-order valence-corrected chi connectivity index (χ3v) is 9.97. The minimum atomic E-state index is -0.108. The van der Waals surface area contributed by atoms with Gasteiger partial charge in [0.25, 0.3) is 0 Å². The van der Waals surface area contributed by atoms with Crippen LogP contribution >= 0.6 is 0 Å². The minimum Gasteiger partial charge on any atom is -0.393 e. The van der Waals surface area contributed by atoms with Crippen molar-refractivity contribution in [3.05, 3.63) is 11.6 Å². The fourth-order valence-corrected chi connectivity index (χ4v) is 8.30. The van der Waals surface area contributed by atoms with Gasteiger partial charge in [-0.1, -0.05) is 58.1 Å². The lowest BCUT2D eigenvalue weighted by atomic mass is 9.47. The van der Waals surface area contributed by atoms with Crippen LogP contribution in [0.4, 0.5) is 0 Å². The first-order valence-corrected chi connectivity index (χ1v) is 12.5. The molecule has 3 fully saturated rings. The maximum atomic E-state index is 11.1. The van der Waals surface area contributed by atoms with Gasteiger partial charge >= 0.3 is 0 Å². The molecule has 3 saturated carbocycles. The van der Waals surface area contributed by atoms with Gasteiger partial charge in [-0.3, -0.25) is 0 Å². The second kappa shape index (κ2) is 8.06. The summed E-state index contributed by atoms with van der Waals surface area (Å²) < 4.78 is 0. The highest BCUT2D eigenvalue weighted by Crippen LogP contribution is 2.66. The molecule has 0 saturated heterocycles. The molecule has 8 atom stereocenters. The molecule has 5 unspecified atom stereocenters. The Morgan fingerprint density at radius 3 is 2.64 bits per heavy atom. The first-order valence-electron chi connectivity index (χ1n) is 12.5. The van der Waals surface area contributed by atoms with Crippen molar-refractivity contribution < 1.29 is 10.2 Å². The van der Waals surface area contributed by atoms with Gasteiger partial charge in [0.2, 0.25) is 0 Å². The van der Waals surface area contributed by atoms with Crippen molar-refractivity contribution in [2.75, 3.05) is 0 Å². The molecule has 0 heterocycles. The third kappa shape index (κ3) is 3.41. The molecule has 0 aromatic rings. The molecule has 0 bridgehead atoms. The van der Waals surface area contributed by atoms with E-state index in [4.69, 9.17) is 0 Å². The number of fused-ring (bicyclic) bond motifs is 5. The van der Waals surface area contributed by atoms with Crippen LogP contribution in [0, 0.1) is 34.5 Å². The average Bonchev–Trinajstić information content (AvgIpc) is 3.03. The smallest absolute Gasteiger partial charge is 0.0577 e. The number of aliphatic hydroxyl groups excluding tert-OH is 2. The van der Waals surface area contributed by atoms with Gasteiger partial charge in [-0.25, -0.2) is 0 Å². The molecule has 4 aliphatic rings. The summed E-state index contributed by atoms with van der Waals surface area (Å²) in [6.45, 7) is 7.31. The lowest BCUT2D eigenvalue weighted by Crippen LogP contribution is -2.51. The Labute approximate surface area is 173 Å². The number of hydrogen-bond donors (Lipinski definition) is 2. The average molecular weight is 389 g/mol. The molecule has 2 N–H and O–H groups in total. The summed E-state index contributed by atoms with van der Waals surface area (Å²) in [6, 6.07) is 0. The van der Waals surface area contributed by atoms with Gasteiger partial charge in [0.15, 0.2) is 0 Å². The predicted molar refractivity (Wildman–Crippen MR) is 116 cm³/mol. The van der Waals surface area contributed by atoms with Gasteiger partial charge in [0.05, 0.1) is 12.2 Å². The van der Waals surface area contributed by atoms with E-state index in [1.165, 1.54) is 64.2 Å². The molecular weight excluding hydrogens is 344 g/mol. The van der Waals surface area contributed by atoms with E-state index >= 15 is 0 Å². The van der Waals surface area contributed by atoms with Crippen LogP contribution in [0.3, 0.4) is 0 Å². The molecule has 0 aliphatic heterocycles. The van der Waals surface area contributed by atoms with Gasteiger partial charge in [-0.2, -0.15) is 0 Å². The molecule has 4 rings (SSSR count). The van der Waals surface area contributed by atoms with Crippen molar-refractivity contribution >= 4 is 0 Å². The highest BCUT2D eigenvalue weighted by Gasteiger charge is 2.59. The van der Waals surface area contributed by atoms with E-state index < -0.39 is 0 Å². The molecule has 0 aromatic carbocycles. The molecule has 0 radical (unpaired) electrons. The lowest BCUT2D eigenvalue weighted by Gasteiger charge is -2.58. The zero-order valence-electron chi connectivity index (χ0n) is 18.6. The first-order chi connectivity index (χ1) is 13.4. The zero-order chi connectivity index (χ0) is 19.9. The lowest BCUT2D eigenvalue weighted by molar-refractivity contribution is -0.0716. The van der Waals surface area contributed by atoms with Crippen LogP contribution in [-0.2, 0) is 0 Å². The maximum Gasteiger partial charge on any atom is 0.0577 e. The summed E-state index contributed by atoms with van der Waals surface area (Å²) in [4.78, 5) is 0. The Kier molecular flexibility index (Phi) is 6.02. The van der Waals surface area contributed by atoms with E-state index in [0.717, 1.165) is 37.0 Å². The number of rotatable bonds is 6. The maximum absolute atomic E-state index is 11.1. The fraction of sp³-hybridized carbons (Fsp3) is 0.923. The summed E-state index contributed by atoms with van der Waals surface area (Å²) in [5.74, 6) is 2.92. The molecule has 4 aliphatic carbocycles. The largest absolute Gasteiger partial charge is 0.393 e. The topological polar surface area (TPSA) is 40.5 Å². The van der Waals surface area contributed by atoms with Gasteiger partial charge in [0.1, 0.15) is 0 Å². The fourth-order valence-electron chi connectivity index (χ4n) is 8.30. The second-order valence-corrected chi connectivity index (χ2v) is 11.3. The van der Waals surface area contributed by atoms with Gasteiger partial charge < -0.3 is 10.2 Å². The van der Waals surface area contributed by atoms with E-state index in [2.05, 4.69) is 26.8 Å². The van der Waals surface area contributed by atoms with Crippen molar-refractivity contribution in [3.63, 3.8) is 0 Å². The molecule has 0 amide bonds. The van der Waals surface area contributed by atoms with Crippen molar-refractivity contribution in [2.45, 2.75) is 116 Å². The van der Waals surface area contributed by atoms with E-state index in [0.29, 0.717) is 16.7 Å². The van der Waals surface area contributed by atoms with E-state index in [1.807, 2.05) is 0 Å². The Bertz CT molecular complexity index is 583. The van der Waals surface area contributed by atoms with Crippen molar-refractivity contribution in [2.24, 2.45) is 34.5 Å². The minimum absolute atomic E-state index is 0.0847. The Morgan fingerprint density at radius 1 is 1.04 bits per heavy atom. The van der Waals surface area contributed by atoms with Gasteiger partial charge in [0, 0.05) is 0 Å². The van der Waals surface area contributed by atoms with Crippen LogP contribution in [-0.4, -0.2) is 22.4 Å². The van der Waals surface area contributed by atoms with Crippen LogP contribution in [0.1, 0.15) is 104 Å². The van der Waals surface area contributed by atoms with E-state index in [9.17, 15) is 10.2 Å². The molecule has 0 aromatic heterocycles. The van der Waals surface area contributed by atoms with Crippen LogP contribution in [0.2, 0.25) is 0 Å². The van der Waals surface area contributed by atoms with Crippen molar-refractivity contribution in [1.29, 1.82) is 0 Å². The SMILES string of the molecule is CCCCCC[C@H](O)C1CCC2C3CC=C4C[C@@H](O)CC[C@]4(C)C3CCC21C. The number of unbranched alkanes of at least 4 members (excludes halogenated alkanes) is 3. The van der Waals surface area contributed by atoms with E-state index in [-0.39, 0.29) is 12.2 Å². The summed E-state index contributed by atoms with van der Waals surface area (Å²) in [5.41, 5.74) is 2.25. The highest BCUT2D eigenvalue weighted by molar-refractivity contribution is 5.25. The highest BCUT2D eigenvalue weighted by atomic mass is 16.3. The molecule has 0 spiro atoms. The normalized spacial score (nSPS) is 46.3.